The van der Waals surface area contributed by atoms with Crippen LogP contribution in [-0.2, 0) is 6.54 Å². The second-order valence-electron chi connectivity index (χ2n) is 6.10. The standard InChI is InChI=1S/C19H19N7/c1-14-17(12-21-24-14)18-8-10-20-19(23-18)25(2)13-15-4-6-16(7-5-15)26-11-3-9-22-26/h3-12H,13H2,1-2H3,(H,21,24). The molecule has 3 aromatic heterocycles. The highest BCUT2D eigenvalue weighted by molar-refractivity contribution is 5.61. The topological polar surface area (TPSA) is 75.5 Å². The third-order valence-electron chi connectivity index (χ3n) is 4.22. The van der Waals surface area contributed by atoms with E-state index in [4.69, 9.17) is 0 Å². The number of anilines is 1. The minimum absolute atomic E-state index is 0.680. The maximum Gasteiger partial charge on any atom is 0.225 e. The number of aromatic nitrogens is 6. The lowest BCUT2D eigenvalue weighted by Gasteiger charge is -2.17. The van der Waals surface area contributed by atoms with E-state index in [1.165, 1.54) is 5.56 Å². The number of nitrogens with one attached hydrogen (secondary N) is 1. The number of rotatable bonds is 5. The van der Waals surface area contributed by atoms with Crippen LogP contribution in [0.3, 0.4) is 0 Å². The van der Waals surface area contributed by atoms with E-state index < -0.39 is 0 Å². The van der Waals surface area contributed by atoms with Gasteiger partial charge in [-0.05, 0) is 36.8 Å². The van der Waals surface area contributed by atoms with Gasteiger partial charge in [-0.25, -0.2) is 14.6 Å². The second-order valence-corrected chi connectivity index (χ2v) is 6.10. The molecule has 0 aliphatic heterocycles. The van der Waals surface area contributed by atoms with E-state index in [0.29, 0.717) is 12.5 Å². The van der Waals surface area contributed by atoms with Crippen molar-refractivity contribution in [1.29, 1.82) is 0 Å². The minimum Gasteiger partial charge on any atom is -0.340 e. The molecule has 0 bridgehead atoms. The Morgan fingerprint density at radius 3 is 2.65 bits per heavy atom. The normalized spacial score (nSPS) is 10.8. The van der Waals surface area contributed by atoms with Crippen LogP contribution in [-0.4, -0.2) is 37.0 Å². The van der Waals surface area contributed by atoms with Crippen molar-refractivity contribution in [2.45, 2.75) is 13.5 Å². The third-order valence-corrected chi connectivity index (χ3v) is 4.22. The predicted octanol–water partition coefficient (Wildman–Crippen LogP) is 3.00. The number of hydrogen-bond donors (Lipinski definition) is 1. The fourth-order valence-electron chi connectivity index (χ4n) is 2.82. The molecule has 0 spiro atoms. The Morgan fingerprint density at radius 1 is 1.12 bits per heavy atom. The summed E-state index contributed by atoms with van der Waals surface area (Å²) >= 11 is 0. The van der Waals surface area contributed by atoms with Crippen LogP contribution in [0.4, 0.5) is 5.95 Å². The first-order chi connectivity index (χ1) is 12.7. The number of H-pyrrole nitrogens is 1. The number of aryl methyl sites for hydroxylation is 1. The smallest absolute Gasteiger partial charge is 0.225 e. The zero-order chi connectivity index (χ0) is 17.9. The molecular formula is C19H19N7. The first-order valence-corrected chi connectivity index (χ1v) is 8.34. The van der Waals surface area contributed by atoms with Crippen molar-refractivity contribution in [2.75, 3.05) is 11.9 Å². The average molecular weight is 345 g/mol. The Labute approximate surface area is 151 Å². The Hall–Kier alpha value is -3.48. The van der Waals surface area contributed by atoms with Gasteiger partial charge in [-0.1, -0.05) is 12.1 Å². The van der Waals surface area contributed by atoms with Gasteiger partial charge in [0, 0.05) is 43.9 Å². The van der Waals surface area contributed by atoms with Crippen molar-refractivity contribution in [1.82, 2.24) is 29.9 Å². The van der Waals surface area contributed by atoms with Crippen LogP contribution >= 0.6 is 0 Å². The van der Waals surface area contributed by atoms with Crippen LogP contribution in [0.2, 0.25) is 0 Å². The average Bonchev–Trinajstić information content (AvgIpc) is 3.34. The zero-order valence-corrected chi connectivity index (χ0v) is 14.7. The molecule has 130 valence electrons. The number of benzene rings is 1. The molecule has 7 nitrogen and oxygen atoms in total. The molecule has 0 aliphatic carbocycles. The van der Waals surface area contributed by atoms with E-state index in [1.54, 1.807) is 12.4 Å². The molecule has 4 rings (SSSR count). The van der Waals surface area contributed by atoms with Crippen LogP contribution in [0.25, 0.3) is 16.9 Å². The highest BCUT2D eigenvalue weighted by Crippen LogP contribution is 2.21. The lowest BCUT2D eigenvalue weighted by Crippen LogP contribution is -2.19. The molecule has 0 unspecified atom stereocenters. The van der Waals surface area contributed by atoms with Gasteiger partial charge >= 0.3 is 0 Å². The molecule has 1 aromatic carbocycles. The van der Waals surface area contributed by atoms with Crippen molar-refractivity contribution >= 4 is 5.95 Å². The van der Waals surface area contributed by atoms with Crippen molar-refractivity contribution < 1.29 is 0 Å². The van der Waals surface area contributed by atoms with Gasteiger partial charge in [0.25, 0.3) is 0 Å². The molecule has 4 aromatic rings. The van der Waals surface area contributed by atoms with E-state index in [2.05, 4.69) is 49.5 Å². The third kappa shape index (κ3) is 3.19. The van der Waals surface area contributed by atoms with Gasteiger partial charge in [0.05, 0.1) is 17.1 Å². The minimum atomic E-state index is 0.680. The van der Waals surface area contributed by atoms with Gasteiger partial charge in [0.15, 0.2) is 0 Å². The molecular weight excluding hydrogens is 326 g/mol. The lowest BCUT2D eigenvalue weighted by atomic mass is 10.2. The van der Waals surface area contributed by atoms with E-state index in [1.807, 2.05) is 48.1 Å². The van der Waals surface area contributed by atoms with E-state index in [0.717, 1.165) is 22.6 Å². The summed E-state index contributed by atoms with van der Waals surface area (Å²) in [6.45, 7) is 2.67. The highest BCUT2D eigenvalue weighted by atomic mass is 15.3. The Bertz CT molecular complexity index is 987. The van der Waals surface area contributed by atoms with Gasteiger partial charge in [-0.2, -0.15) is 10.2 Å². The quantitative estimate of drug-likeness (QED) is 0.602. The summed E-state index contributed by atoms with van der Waals surface area (Å²) in [5, 5.41) is 11.3. The number of nitrogens with zero attached hydrogens (tertiary/aromatic N) is 6. The summed E-state index contributed by atoms with van der Waals surface area (Å²) in [6, 6.07) is 12.1. The van der Waals surface area contributed by atoms with Crippen molar-refractivity contribution in [3.8, 4) is 16.9 Å². The first kappa shape index (κ1) is 16.0. The molecule has 0 fully saturated rings. The lowest BCUT2D eigenvalue weighted by molar-refractivity contribution is 0.859. The molecule has 0 saturated heterocycles. The molecule has 0 saturated carbocycles. The molecule has 1 N–H and O–H groups in total. The molecule has 0 radical (unpaired) electrons. The predicted molar refractivity (Wildman–Crippen MR) is 100 cm³/mol. The number of hydrogen-bond acceptors (Lipinski definition) is 5. The van der Waals surface area contributed by atoms with Crippen molar-refractivity contribution in [2.24, 2.45) is 0 Å². The summed E-state index contributed by atoms with van der Waals surface area (Å²) < 4.78 is 1.84. The SMILES string of the molecule is Cc1n[nH]cc1-c1ccnc(N(C)Cc2ccc(-n3cccn3)cc2)n1. The van der Waals surface area contributed by atoms with E-state index in [-0.39, 0.29) is 0 Å². The zero-order valence-electron chi connectivity index (χ0n) is 14.7. The van der Waals surface area contributed by atoms with Gasteiger partial charge in [0.1, 0.15) is 0 Å². The molecule has 26 heavy (non-hydrogen) atoms. The maximum atomic E-state index is 4.67. The largest absolute Gasteiger partial charge is 0.340 e. The van der Waals surface area contributed by atoms with Gasteiger partial charge < -0.3 is 4.90 Å². The fraction of sp³-hybridized carbons (Fsp3) is 0.158. The molecule has 0 aliphatic rings. The first-order valence-electron chi connectivity index (χ1n) is 8.34. The fourth-order valence-corrected chi connectivity index (χ4v) is 2.82. The van der Waals surface area contributed by atoms with Gasteiger partial charge in [-0.3, -0.25) is 5.10 Å². The monoisotopic (exact) mass is 345 g/mol. The Balaban J connectivity index is 1.51. The number of aromatic amines is 1. The van der Waals surface area contributed by atoms with Crippen molar-refractivity contribution in [3.05, 3.63) is 72.4 Å². The van der Waals surface area contributed by atoms with Crippen molar-refractivity contribution in [3.63, 3.8) is 0 Å². The molecule has 7 heteroatoms. The summed E-state index contributed by atoms with van der Waals surface area (Å²) in [7, 11) is 1.99. The molecule has 0 amide bonds. The Kier molecular flexibility index (Phi) is 4.18. The summed E-state index contributed by atoms with van der Waals surface area (Å²) in [6.07, 6.45) is 7.34. The van der Waals surface area contributed by atoms with E-state index >= 15 is 0 Å². The summed E-state index contributed by atoms with van der Waals surface area (Å²) in [4.78, 5) is 11.1. The second kappa shape index (κ2) is 6.79. The maximum absolute atomic E-state index is 4.67. The van der Waals surface area contributed by atoms with Gasteiger partial charge in [0.2, 0.25) is 5.95 Å². The van der Waals surface area contributed by atoms with E-state index in [9.17, 15) is 0 Å². The molecule has 3 heterocycles. The van der Waals surface area contributed by atoms with Crippen LogP contribution in [0.15, 0.2) is 61.2 Å². The van der Waals surface area contributed by atoms with Crippen LogP contribution in [0.1, 0.15) is 11.3 Å². The van der Waals surface area contributed by atoms with Gasteiger partial charge in [-0.15, -0.1) is 0 Å². The Morgan fingerprint density at radius 2 is 1.96 bits per heavy atom. The summed E-state index contributed by atoms with van der Waals surface area (Å²) in [5.41, 5.74) is 4.99. The van der Waals surface area contributed by atoms with Crippen LogP contribution < -0.4 is 4.90 Å². The van der Waals surface area contributed by atoms with Crippen LogP contribution in [0.5, 0.6) is 0 Å². The summed E-state index contributed by atoms with van der Waals surface area (Å²) in [5.74, 6) is 0.680. The molecule has 0 atom stereocenters. The van der Waals surface area contributed by atoms with Crippen LogP contribution in [0, 0.1) is 6.92 Å². The highest BCUT2D eigenvalue weighted by Gasteiger charge is 2.10.